The van der Waals surface area contributed by atoms with Crippen molar-refractivity contribution >= 4 is 17.0 Å². The smallest absolute Gasteiger partial charge is 0.268 e. The van der Waals surface area contributed by atoms with Gasteiger partial charge in [0.2, 0.25) is 0 Å². The maximum Gasteiger partial charge on any atom is 0.268 e. The van der Waals surface area contributed by atoms with E-state index < -0.39 is 0 Å². The standard InChI is InChI=1S/C20H22FN3O3/c21-16-3-1-2-15(12-16)14-24-17-4-9-27-19(17)13-18(24)20(25)22-5-6-23-7-10-26-11-8-23/h1-4,9,12-13H,5-8,10-11,14H2,(H,22,25). The molecule has 4 rings (SSSR count). The summed E-state index contributed by atoms with van der Waals surface area (Å²) < 4.78 is 26.2. The number of carbonyl (C=O) groups is 1. The molecule has 0 atom stereocenters. The number of carbonyl (C=O) groups excluding carboxylic acids is 1. The van der Waals surface area contributed by atoms with Gasteiger partial charge in [0, 0.05) is 44.9 Å². The van der Waals surface area contributed by atoms with Gasteiger partial charge in [-0.2, -0.15) is 0 Å². The Bertz CT molecular complexity index is 928. The lowest BCUT2D eigenvalue weighted by atomic mass is 10.2. The van der Waals surface area contributed by atoms with Crippen molar-refractivity contribution < 1.29 is 18.3 Å². The summed E-state index contributed by atoms with van der Waals surface area (Å²) >= 11 is 0. The Hall–Kier alpha value is -2.64. The van der Waals surface area contributed by atoms with Gasteiger partial charge in [-0.25, -0.2) is 4.39 Å². The fourth-order valence-electron chi connectivity index (χ4n) is 3.40. The van der Waals surface area contributed by atoms with Crippen LogP contribution in [0.25, 0.3) is 11.1 Å². The molecule has 3 heterocycles. The zero-order valence-corrected chi connectivity index (χ0v) is 15.0. The van der Waals surface area contributed by atoms with Gasteiger partial charge in [0.05, 0.1) is 25.0 Å². The third-order valence-corrected chi connectivity index (χ3v) is 4.80. The average molecular weight is 371 g/mol. The SMILES string of the molecule is O=C(NCCN1CCOCC1)c1cc2occc2n1Cc1cccc(F)c1. The quantitative estimate of drug-likeness (QED) is 0.723. The maximum atomic E-state index is 13.5. The predicted octanol–water partition coefficient (Wildman–Crippen LogP) is 2.48. The Morgan fingerprint density at radius 2 is 2.04 bits per heavy atom. The molecular weight excluding hydrogens is 349 g/mol. The molecule has 1 aliphatic rings. The van der Waals surface area contributed by atoms with Gasteiger partial charge in [-0.3, -0.25) is 9.69 Å². The molecule has 7 heteroatoms. The molecule has 6 nitrogen and oxygen atoms in total. The Balaban J connectivity index is 1.48. The van der Waals surface area contributed by atoms with Gasteiger partial charge in [0.25, 0.3) is 5.91 Å². The number of nitrogens with one attached hydrogen (secondary N) is 1. The van der Waals surface area contributed by atoms with E-state index >= 15 is 0 Å². The molecule has 1 N–H and O–H groups in total. The van der Waals surface area contributed by atoms with E-state index in [0.717, 1.165) is 43.9 Å². The number of aromatic nitrogens is 1. The Kier molecular flexibility index (Phi) is 5.22. The van der Waals surface area contributed by atoms with E-state index in [1.54, 1.807) is 18.4 Å². The fourth-order valence-corrected chi connectivity index (χ4v) is 3.40. The van der Waals surface area contributed by atoms with Crippen LogP contribution in [0.3, 0.4) is 0 Å². The highest BCUT2D eigenvalue weighted by atomic mass is 19.1. The molecule has 0 bridgehead atoms. The Labute approximate surface area is 156 Å². The number of nitrogens with zero attached hydrogens (tertiary/aromatic N) is 2. The lowest BCUT2D eigenvalue weighted by Gasteiger charge is -2.26. The van der Waals surface area contributed by atoms with Crippen molar-refractivity contribution in [1.29, 1.82) is 0 Å². The first-order valence-electron chi connectivity index (χ1n) is 9.10. The highest BCUT2D eigenvalue weighted by Gasteiger charge is 2.18. The monoisotopic (exact) mass is 371 g/mol. The van der Waals surface area contributed by atoms with Gasteiger partial charge in [0.15, 0.2) is 5.58 Å². The van der Waals surface area contributed by atoms with Crippen molar-refractivity contribution in [2.75, 3.05) is 39.4 Å². The van der Waals surface area contributed by atoms with Crippen molar-refractivity contribution in [2.24, 2.45) is 0 Å². The van der Waals surface area contributed by atoms with Crippen LogP contribution < -0.4 is 5.32 Å². The molecular formula is C20H22FN3O3. The third-order valence-electron chi connectivity index (χ3n) is 4.80. The second-order valence-corrected chi connectivity index (χ2v) is 6.63. The molecule has 1 aliphatic heterocycles. The summed E-state index contributed by atoms with van der Waals surface area (Å²) in [6.07, 6.45) is 1.59. The number of benzene rings is 1. The lowest BCUT2D eigenvalue weighted by Crippen LogP contribution is -2.41. The van der Waals surface area contributed by atoms with Crippen molar-refractivity contribution in [3.05, 3.63) is 59.7 Å². The largest absolute Gasteiger partial charge is 0.463 e. The first-order chi connectivity index (χ1) is 13.2. The molecule has 0 saturated carbocycles. The third kappa shape index (κ3) is 4.04. The van der Waals surface area contributed by atoms with Crippen LogP contribution in [0.5, 0.6) is 0 Å². The topological polar surface area (TPSA) is 59.6 Å². The first kappa shape index (κ1) is 17.8. The number of morpholine rings is 1. The summed E-state index contributed by atoms with van der Waals surface area (Å²) in [4.78, 5) is 15.0. The summed E-state index contributed by atoms with van der Waals surface area (Å²) in [5, 5.41) is 2.98. The molecule has 1 amide bonds. The summed E-state index contributed by atoms with van der Waals surface area (Å²) in [7, 11) is 0. The molecule has 3 aromatic rings. The van der Waals surface area contributed by atoms with Crippen LogP contribution in [-0.2, 0) is 11.3 Å². The van der Waals surface area contributed by atoms with Crippen molar-refractivity contribution in [3.8, 4) is 0 Å². The van der Waals surface area contributed by atoms with Crippen LogP contribution in [-0.4, -0.2) is 54.8 Å². The molecule has 142 valence electrons. The highest BCUT2D eigenvalue weighted by Crippen LogP contribution is 2.22. The van der Waals surface area contributed by atoms with Crippen LogP contribution in [0.1, 0.15) is 16.1 Å². The zero-order valence-electron chi connectivity index (χ0n) is 15.0. The van der Waals surface area contributed by atoms with E-state index in [-0.39, 0.29) is 11.7 Å². The number of hydrogen-bond donors (Lipinski definition) is 1. The van der Waals surface area contributed by atoms with Crippen LogP contribution >= 0.6 is 0 Å². The van der Waals surface area contributed by atoms with E-state index in [2.05, 4.69) is 10.2 Å². The lowest BCUT2D eigenvalue weighted by molar-refractivity contribution is 0.0383. The predicted molar refractivity (Wildman–Crippen MR) is 99.3 cm³/mol. The molecule has 2 aromatic heterocycles. The Morgan fingerprint density at radius 3 is 2.85 bits per heavy atom. The minimum atomic E-state index is -0.292. The molecule has 27 heavy (non-hydrogen) atoms. The van der Waals surface area contributed by atoms with E-state index in [0.29, 0.717) is 24.4 Å². The summed E-state index contributed by atoms with van der Waals surface area (Å²) in [5.41, 5.74) is 2.76. The normalized spacial score (nSPS) is 15.3. The van der Waals surface area contributed by atoms with Crippen LogP contribution in [0, 0.1) is 5.82 Å². The fraction of sp³-hybridized carbons (Fsp3) is 0.350. The van der Waals surface area contributed by atoms with Crippen LogP contribution in [0.15, 0.2) is 47.1 Å². The second-order valence-electron chi connectivity index (χ2n) is 6.63. The average Bonchev–Trinajstić information content (AvgIpc) is 3.25. The number of amides is 1. The minimum Gasteiger partial charge on any atom is -0.463 e. The molecule has 1 aromatic carbocycles. The summed E-state index contributed by atoms with van der Waals surface area (Å²) in [6, 6.07) is 9.95. The number of furan rings is 1. The molecule has 0 aliphatic carbocycles. The van der Waals surface area contributed by atoms with E-state index in [9.17, 15) is 9.18 Å². The van der Waals surface area contributed by atoms with Gasteiger partial charge in [0.1, 0.15) is 11.5 Å². The van der Waals surface area contributed by atoms with Crippen molar-refractivity contribution in [3.63, 3.8) is 0 Å². The number of hydrogen-bond acceptors (Lipinski definition) is 4. The second kappa shape index (κ2) is 7.94. The number of fused-ring (bicyclic) bond motifs is 1. The van der Waals surface area contributed by atoms with Gasteiger partial charge in [-0.15, -0.1) is 0 Å². The van der Waals surface area contributed by atoms with E-state index in [1.165, 1.54) is 12.1 Å². The molecule has 0 unspecified atom stereocenters. The molecule has 1 saturated heterocycles. The summed E-state index contributed by atoms with van der Waals surface area (Å²) in [6.45, 7) is 4.99. The van der Waals surface area contributed by atoms with Crippen LogP contribution in [0.4, 0.5) is 4.39 Å². The summed E-state index contributed by atoms with van der Waals surface area (Å²) in [5.74, 6) is -0.453. The molecule has 1 fully saturated rings. The van der Waals surface area contributed by atoms with Gasteiger partial charge >= 0.3 is 0 Å². The van der Waals surface area contributed by atoms with Gasteiger partial charge in [-0.1, -0.05) is 12.1 Å². The highest BCUT2D eigenvalue weighted by molar-refractivity contribution is 5.97. The van der Waals surface area contributed by atoms with E-state index in [4.69, 9.17) is 9.15 Å². The van der Waals surface area contributed by atoms with E-state index in [1.807, 2.05) is 16.7 Å². The van der Waals surface area contributed by atoms with Gasteiger partial charge in [-0.05, 0) is 17.7 Å². The Morgan fingerprint density at radius 1 is 1.19 bits per heavy atom. The first-order valence-corrected chi connectivity index (χ1v) is 9.10. The number of ether oxygens (including phenoxy) is 1. The maximum absolute atomic E-state index is 13.5. The van der Waals surface area contributed by atoms with Gasteiger partial charge < -0.3 is 19.0 Å². The number of rotatable bonds is 6. The van der Waals surface area contributed by atoms with Crippen molar-refractivity contribution in [2.45, 2.75) is 6.54 Å². The molecule has 0 spiro atoms. The van der Waals surface area contributed by atoms with Crippen molar-refractivity contribution in [1.82, 2.24) is 14.8 Å². The zero-order chi connectivity index (χ0) is 18.6. The molecule has 0 radical (unpaired) electrons. The van der Waals surface area contributed by atoms with Crippen LogP contribution in [0.2, 0.25) is 0 Å². The number of halogens is 1. The minimum absolute atomic E-state index is 0.161.